The molecule has 0 spiro atoms. The van der Waals surface area contributed by atoms with Crippen molar-refractivity contribution in [2.75, 3.05) is 28.4 Å². The predicted molar refractivity (Wildman–Crippen MR) is 151 cm³/mol. The molecule has 1 saturated heterocycles. The van der Waals surface area contributed by atoms with Crippen molar-refractivity contribution >= 4 is 44.8 Å². The lowest BCUT2D eigenvalue weighted by atomic mass is 10.1. The fourth-order valence-corrected chi connectivity index (χ4v) is 5.28. The maximum absolute atomic E-state index is 12.7. The zero-order valence-electron chi connectivity index (χ0n) is 21.9. The highest BCUT2D eigenvalue weighted by Crippen LogP contribution is 2.22. The first-order chi connectivity index (χ1) is 18.6. The number of hydrogen-bond donors (Lipinski definition) is 3. The summed E-state index contributed by atoms with van der Waals surface area (Å²) in [4.78, 5) is 39.3. The summed E-state index contributed by atoms with van der Waals surface area (Å²) in [5.41, 5.74) is 2.82. The van der Waals surface area contributed by atoms with Gasteiger partial charge < -0.3 is 15.5 Å². The minimum Gasteiger partial charge on any atom is -0.342 e. The van der Waals surface area contributed by atoms with Gasteiger partial charge in [-0.1, -0.05) is 31.0 Å². The molecule has 4 rings (SSSR count). The number of carbonyl (C=O) groups excluding carboxylic acids is 3. The first-order valence-electron chi connectivity index (χ1n) is 12.8. The van der Waals surface area contributed by atoms with Gasteiger partial charge in [0.1, 0.15) is 0 Å². The van der Waals surface area contributed by atoms with Gasteiger partial charge >= 0.3 is 0 Å². The van der Waals surface area contributed by atoms with Crippen molar-refractivity contribution in [1.29, 1.82) is 0 Å². The van der Waals surface area contributed by atoms with E-state index in [-0.39, 0.29) is 29.0 Å². The molecule has 3 aromatic rings. The first kappa shape index (κ1) is 27.8. The van der Waals surface area contributed by atoms with E-state index in [2.05, 4.69) is 22.3 Å². The topological polar surface area (TPSA) is 125 Å². The third-order valence-electron chi connectivity index (χ3n) is 6.51. The first-order valence-corrected chi connectivity index (χ1v) is 14.3. The summed E-state index contributed by atoms with van der Waals surface area (Å²) in [6.45, 7) is 5.07. The predicted octanol–water partition coefficient (Wildman–Crippen LogP) is 4.64. The van der Waals surface area contributed by atoms with Crippen LogP contribution in [0.4, 0.5) is 17.1 Å². The molecule has 0 aromatic heterocycles. The lowest BCUT2D eigenvalue weighted by molar-refractivity contribution is -0.128. The van der Waals surface area contributed by atoms with E-state index in [1.54, 1.807) is 41.3 Å². The van der Waals surface area contributed by atoms with Crippen molar-refractivity contribution in [3.8, 4) is 0 Å². The number of nitrogens with zero attached hydrogens (tertiary/aromatic N) is 1. The highest BCUT2D eigenvalue weighted by molar-refractivity contribution is 7.92. The molecule has 0 saturated carbocycles. The Kier molecular flexibility index (Phi) is 8.65. The van der Waals surface area contributed by atoms with Crippen LogP contribution < -0.4 is 15.4 Å². The molecule has 9 nitrogen and oxygen atoms in total. The highest BCUT2D eigenvalue weighted by Gasteiger charge is 2.33. The van der Waals surface area contributed by atoms with Gasteiger partial charge in [0, 0.05) is 42.1 Å². The number of sulfonamides is 1. The Morgan fingerprint density at radius 3 is 2.10 bits per heavy atom. The lowest BCUT2D eigenvalue weighted by Crippen LogP contribution is -2.29. The summed E-state index contributed by atoms with van der Waals surface area (Å²) in [7, 11) is -3.77. The lowest BCUT2D eigenvalue weighted by Gasteiger charge is -2.16. The second kappa shape index (κ2) is 12.1. The smallest absolute Gasteiger partial charge is 0.261 e. The van der Waals surface area contributed by atoms with Gasteiger partial charge in [0.15, 0.2) is 0 Å². The number of likely N-dealkylation sites (tertiary alicyclic amines) is 1. The quantitative estimate of drug-likeness (QED) is 0.341. The standard InChI is InChI=1S/C29H32N4O5S/c1-3-4-17-33-19-22(18-27(33)34)29(36)31-23-11-7-21(8-12-23)28(35)30-24-13-15-26(16-14-24)39(37,38)32-25-9-5-20(2)6-10-25/h5-16,22,32H,3-4,17-19H2,1-2H3,(H,30,35)(H,31,36). The molecule has 3 N–H and O–H groups in total. The van der Waals surface area contributed by atoms with Crippen molar-refractivity contribution < 1.29 is 22.8 Å². The van der Waals surface area contributed by atoms with Crippen LogP contribution in [0.15, 0.2) is 77.7 Å². The van der Waals surface area contributed by atoms with Gasteiger partial charge in [0.05, 0.1) is 10.8 Å². The number of carbonyl (C=O) groups is 3. The van der Waals surface area contributed by atoms with Crippen molar-refractivity contribution in [3.05, 3.63) is 83.9 Å². The second-order valence-corrected chi connectivity index (χ2v) is 11.3. The molecule has 0 aliphatic carbocycles. The van der Waals surface area contributed by atoms with Crippen molar-refractivity contribution in [2.45, 2.75) is 38.0 Å². The van der Waals surface area contributed by atoms with Gasteiger partial charge in [0.2, 0.25) is 11.8 Å². The van der Waals surface area contributed by atoms with E-state index in [4.69, 9.17) is 0 Å². The van der Waals surface area contributed by atoms with Crippen LogP contribution in [-0.2, 0) is 19.6 Å². The van der Waals surface area contributed by atoms with Gasteiger partial charge in [-0.15, -0.1) is 0 Å². The van der Waals surface area contributed by atoms with E-state index in [0.29, 0.717) is 35.7 Å². The number of aryl methyl sites for hydroxylation is 1. The molecule has 1 heterocycles. The molecule has 39 heavy (non-hydrogen) atoms. The molecule has 204 valence electrons. The largest absolute Gasteiger partial charge is 0.342 e. The maximum Gasteiger partial charge on any atom is 0.261 e. The molecule has 0 radical (unpaired) electrons. The van der Waals surface area contributed by atoms with E-state index in [0.717, 1.165) is 18.4 Å². The Morgan fingerprint density at radius 2 is 1.46 bits per heavy atom. The van der Waals surface area contributed by atoms with Crippen LogP contribution in [0.2, 0.25) is 0 Å². The summed E-state index contributed by atoms with van der Waals surface area (Å²) in [6.07, 6.45) is 2.11. The van der Waals surface area contributed by atoms with E-state index in [9.17, 15) is 22.8 Å². The fraction of sp³-hybridized carbons (Fsp3) is 0.276. The molecule has 1 atom stereocenters. The number of rotatable bonds is 10. The summed E-state index contributed by atoms with van der Waals surface area (Å²) in [5, 5.41) is 5.56. The van der Waals surface area contributed by atoms with E-state index in [1.807, 2.05) is 19.1 Å². The zero-order chi connectivity index (χ0) is 28.0. The van der Waals surface area contributed by atoms with Crippen LogP contribution in [0.3, 0.4) is 0 Å². The molecule has 1 unspecified atom stereocenters. The number of unbranched alkanes of at least 4 members (excludes halogenated alkanes) is 1. The van der Waals surface area contributed by atoms with Crippen LogP contribution in [0.5, 0.6) is 0 Å². The van der Waals surface area contributed by atoms with Crippen molar-refractivity contribution in [1.82, 2.24) is 4.90 Å². The second-order valence-electron chi connectivity index (χ2n) is 9.61. The van der Waals surface area contributed by atoms with Gasteiger partial charge in [-0.05, 0) is 74.0 Å². The van der Waals surface area contributed by atoms with Crippen LogP contribution in [0.1, 0.15) is 42.1 Å². The van der Waals surface area contributed by atoms with Crippen molar-refractivity contribution in [2.24, 2.45) is 5.92 Å². The van der Waals surface area contributed by atoms with E-state index < -0.39 is 15.9 Å². The summed E-state index contributed by atoms with van der Waals surface area (Å²) < 4.78 is 27.9. The minimum atomic E-state index is -3.77. The molecule has 1 aliphatic rings. The SMILES string of the molecule is CCCCN1CC(C(=O)Nc2ccc(C(=O)Nc3ccc(S(=O)(=O)Nc4ccc(C)cc4)cc3)cc2)CC1=O. The zero-order valence-corrected chi connectivity index (χ0v) is 22.8. The number of benzene rings is 3. The van der Waals surface area contributed by atoms with Crippen molar-refractivity contribution in [3.63, 3.8) is 0 Å². The fourth-order valence-electron chi connectivity index (χ4n) is 4.22. The summed E-state index contributed by atoms with van der Waals surface area (Å²) in [6, 6.07) is 19.3. The molecule has 3 amide bonds. The average molecular weight is 549 g/mol. The molecule has 1 fully saturated rings. The molecule has 0 bridgehead atoms. The molecule has 1 aliphatic heterocycles. The average Bonchev–Trinajstić information content (AvgIpc) is 3.30. The highest BCUT2D eigenvalue weighted by atomic mass is 32.2. The van der Waals surface area contributed by atoms with Crippen LogP contribution in [0, 0.1) is 12.8 Å². The maximum atomic E-state index is 12.7. The van der Waals surface area contributed by atoms with E-state index in [1.165, 1.54) is 24.3 Å². The minimum absolute atomic E-state index is 0.00350. The van der Waals surface area contributed by atoms with Gasteiger partial charge in [-0.2, -0.15) is 0 Å². The monoisotopic (exact) mass is 548 g/mol. The number of nitrogens with one attached hydrogen (secondary N) is 3. The number of anilines is 3. The molecular weight excluding hydrogens is 516 g/mol. The van der Waals surface area contributed by atoms with Gasteiger partial charge in [-0.3, -0.25) is 19.1 Å². The number of amides is 3. The Hall–Kier alpha value is -4.18. The van der Waals surface area contributed by atoms with Gasteiger partial charge in [-0.25, -0.2) is 8.42 Å². The molecule has 10 heteroatoms. The Labute approximate surface area is 228 Å². The van der Waals surface area contributed by atoms with Crippen LogP contribution in [0.25, 0.3) is 0 Å². The summed E-state index contributed by atoms with van der Waals surface area (Å²) in [5.74, 6) is -0.985. The Balaban J connectivity index is 1.31. The molecule has 3 aromatic carbocycles. The number of hydrogen-bond acceptors (Lipinski definition) is 5. The van der Waals surface area contributed by atoms with Crippen LogP contribution in [-0.4, -0.2) is 44.1 Å². The third kappa shape index (κ3) is 7.23. The van der Waals surface area contributed by atoms with E-state index >= 15 is 0 Å². The molecular formula is C29H32N4O5S. The van der Waals surface area contributed by atoms with Gasteiger partial charge in [0.25, 0.3) is 15.9 Å². The third-order valence-corrected chi connectivity index (χ3v) is 7.90. The summed E-state index contributed by atoms with van der Waals surface area (Å²) >= 11 is 0. The van der Waals surface area contributed by atoms with Crippen LogP contribution >= 0.6 is 0 Å². The Bertz CT molecular complexity index is 1440. The Morgan fingerprint density at radius 1 is 0.872 bits per heavy atom. The normalized spacial score (nSPS) is 15.2.